The van der Waals surface area contributed by atoms with Crippen molar-refractivity contribution in [2.45, 2.75) is 10.9 Å². The minimum Gasteiger partial charge on any atom is -0.394 e. The van der Waals surface area contributed by atoms with E-state index in [2.05, 4.69) is 10.6 Å². The van der Waals surface area contributed by atoms with Gasteiger partial charge >= 0.3 is 6.03 Å². The molecular weight excluding hydrogens is 316 g/mol. The number of sulfone groups is 1. The number of carbonyl (C=O) groups is 1. The number of benzene rings is 2. The third-order valence-electron chi connectivity index (χ3n) is 3.22. The minimum atomic E-state index is -3.46. The molecule has 1 atom stereocenters. The van der Waals surface area contributed by atoms with Crippen molar-refractivity contribution in [1.29, 1.82) is 0 Å². The predicted octanol–water partition coefficient (Wildman–Crippen LogP) is 1.95. The highest BCUT2D eigenvalue weighted by Crippen LogP contribution is 2.20. The van der Waals surface area contributed by atoms with Crippen molar-refractivity contribution in [3.63, 3.8) is 0 Å². The molecule has 2 aromatic rings. The molecule has 7 heteroatoms. The van der Waals surface area contributed by atoms with Crippen LogP contribution in [0.2, 0.25) is 0 Å². The van der Waals surface area contributed by atoms with E-state index in [9.17, 15) is 18.3 Å². The summed E-state index contributed by atoms with van der Waals surface area (Å²) < 4.78 is 23.4. The van der Waals surface area contributed by atoms with E-state index >= 15 is 0 Å². The zero-order chi connectivity index (χ0) is 16.9. The molecule has 2 amide bonds. The number of aliphatic hydroxyl groups excluding tert-OH is 1. The Morgan fingerprint density at radius 3 is 2.30 bits per heavy atom. The number of carbonyl (C=O) groups excluding carboxylic acids is 1. The third-order valence-corrected chi connectivity index (χ3v) is 4.38. The van der Waals surface area contributed by atoms with Crippen molar-refractivity contribution in [3.05, 3.63) is 60.2 Å². The van der Waals surface area contributed by atoms with Crippen LogP contribution in [-0.2, 0) is 9.84 Å². The molecule has 3 N–H and O–H groups in total. The van der Waals surface area contributed by atoms with Crippen LogP contribution in [-0.4, -0.2) is 32.4 Å². The van der Waals surface area contributed by atoms with Crippen LogP contribution in [0.1, 0.15) is 11.6 Å². The molecule has 0 bridgehead atoms. The Balaban J connectivity index is 2.14. The number of para-hydroxylation sites is 1. The maximum Gasteiger partial charge on any atom is 0.319 e. The summed E-state index contributed by atoms with van der Waals surface area (Å²) in [5.74, 6) is 0. The van der Waals surface area contributed by atoms with Crippen LogP contribution in [0.25, 0.3) is 0 Å². The van der Waals surface area contributed by atoms with E-state index in [1.165, 1.54) is 12.1 Å². The monoisotopic (exact) mass is 334 g/mol. The summed E-state index contributed by atoms with van der Waals surface area (Å²) in [5.41, 5.74) is 0.943. The standard InChI is InChI=1S/C16H18N2O4S/c1-23(21,22)15-10-6-5-9-13(15)17-16(20)18-14(11-19)12-7-3-2-4-8-12/h2-10,14,19H,11H2,1H3,(H2,17,18,20)/t14-/m0/s1. The van der Waals surface area contributed by atoms with Crippen molar-refractivity contribution in [1.82, 2.24) is 5.32 Å². The number of urea groups is 1. The Labute approximate surface area is 135 Å². The lowest BCUT2D eigenvalue weighted by Crippen LogP contribution is -2.34. The molecule has 0 spiro atoms. The summed E-state index contributed by atoms with van der Waals surface area (Å²) in [4.78, 5) is 12.1. The van der Waals surface area contributed by atoms with Gasteiger partial charge in [0.15, 0.2) is 9.84 Å². The molecule has 0 heterocycles. The number of hydrogen-bond acceptors (Lipinski definition) is 4. The molecular formula is C16H18N2O4S. The Kier molecular flexibility index (Phi) is 5.36. The van der Waals surface area contributed by atoms with E-state index in [-0.39, 0.29) is 17.2 Å². The first kappa shape index (κ1) is 17.0. The van der Waals surface area contributed by atoms with Crippen molar-refractivity contribution < 1.29 is 18.3 Å². The van der Waals surface area contributed by atoms with Gasteiger partial charge in [0, 0.05) is 6.26 Å². The lowest BCUT2D eigenvalue weighted by molar-refractivity contribution is 0.225. The SMILES string of the molecule is CS(=O)(=O)c1ccccc1NC(=O)N[C@@H](CO)c1ccccc1. The fourth-order valence-corrected chi connectivity index (χ4v) is 2.97. The summed E-state index contributed by atoms with van der Waals surface area (Å²) in [6, 6.07) is 14.0. The molecule has 0 aromatic heterocycles. The van der Waals surface area contributed by atoms with Crippen LogP contribution in [0.4, 0.5) is 10.5 Å². The lowest BCUT2D eigenvalue weighted by atomic mass is 10.1. The predicted molar refractivity (Wildman–Crippen MR) is 88.0 cm³/mol. The zero-order valence-corrected chi connectivity index (χ0v) is 13.4. The minimum absolute atomic E-state index is 0.0374. The lowest BCUT2D eigenvalue weighted by Gasteiger charge is -2.18. The molecule has 0 fully saturated rings. The van der Waals surface area contributed by atoms with Gasteiger partial charge in [-0.15, -0.1) is 0 Å². The third kappa shape index (κ3) is 4.54. The Morgan fingerprint density at radius 1 is 1.09 bits per heavy atom. The van der Waals surface area contributed by atoms with Gasteiger partial charge in [-0.05, 0) is 17.7 Å². The highest BCUT2D eigenvalue weighted by Gasteiger charge is 2.17. The van der Waals surface area contributed by atoms with Gasteiger partial charge in [-0.2, -0.15) is 0 Å². The molecule has 122 valence electrons. The fourth-order valence-electron chi connectivity index (χ4n) is 2.13. The van der Waals surface area contributed by atoms with Crippen molar-refractivity contribution in [2.24, 2.45) is 0 Å². The topological polar surface area (TPSA) is 95.5 Å². The second kappa shape index (κ2) is 7.26. The van der Waals surface area contributed by atoms with E-state index in [0.717, 1.165) is 11.8 Å². The largest absolute Gasteiger partial charge is 0.394 e. The first-order chi connectivity index (χ1) is 10.9. The summed E-state index contributed by atoms with van der Waals surface area (Å²) in [6.45, 7) is -0.273. The van der Waals surface area contributed by atoms with Crippen LogP contribution in [0.5, 0.6) is 0 Å². The molecule has 0 saturated carbocycles. The molecule has 0 saturated heterocycles. The van der Waals surface area contributed by atoms with Gasteiger partial charge in [0.2, 0.25) is 0 Å². The van der Waals surface area contributed by atoms with Crippen LogP contribution in [0, 0.1) is 0 Å². The van der Waals surface area contributed by atoms with Crippen molar-refractivity contribution >= 4 is 21.6 Å². The maximum absolute atomic E-state index is 12.1. The fraction of sp³-hybridized carbons (Fsp3) is 0.188. The molecule has 0 aliphatic heterocycles. The number of nitrogens with one attached hydrogen (secondary N) is 2. The van der Waals surface area contributed by atoms with Gasteiger partial charge in [0.1, 0.15) is 0 Å². The Hall–Kier alpha value is -2.38. The van der Waals surface area contributed by atoms with E-state index in [4.69, 9.17) is 0 Å². The number of amides is 2. The Bertz CT molecular complexity index is 776. The number of anilines is 1. The molecule has 6 nitrogen and oxygen atoms in total. The second-order valence-electron chi connectivity index (χ2n) is 5.01. The molecule has 0 aliphatic carbocycles. The maximum atomic E-state index is 12.1. The molecule has 0 aliphatic rings. The molecule has 0 radical (unpaired) electrons. The first-order valence-corrected chi connectivity index (χ1v) is 8.83. The second-order valence-corrected chi connectivity index (χ2v) is 7.00. The van der Waals surface area contributed by atoms with Crippen LogP contribution < -0.4 is 10.6 Å². The first-order valence-electron chi connectivity index (χ1n) is 6.94. The van der Waals surface area contributed by atoms with Crippen molar-refractivity contribution in [2.75, 3.05) is 18.2 Å². The number of rotatable bonds is 5. The van der Waals surface area contributed by atoms with E-state index in [1.54, 1.807) is 36.4 Å². The van der Waals surface area contributed by atoms with E-state index in [0.29, 0.717) is 0 Å². The smallest absolute Gasteiger partial charge is 0.319 e. The van der Waals surface area contributed by atoms with Crippen LogP contribution >= 0.6 is 0 Å². The van der Waals surface area contributed by atoms with E-state index in [1.807, 2.05) is 6.07 Å². The van der Waals surface area contributed by atoms with Crippen molar-refractivity contribution in [3.8, 4) is 0 Å². The number of hydrogen-bond donors (Lipinski definition) is 3. The highest BCUT2D eigenvalue weighted by molar-refractivity contribution is 7.90. The van der Waals surface area contributed by atoms with Gasteiger partial charge in [-0.3, -0.25) is 0 Å². The molecule has 0 unspecified atom stereocenters. The average Bonchev–Trinajstić information content (AvgIpc) is 2.53. The van der Waals surface area contributed by atoms with E-state index < -0.39 is 21.9 Å². The quantitative estimate of drug-likeness (QED) is 0.779. The Morgan fingerprint density at radius 2 is 1.70 bits per heavy atom. The van der Waals surface area contributed by atoms with Gasteiger partial charge in [0.25, 0.3) is 0 Å². The summed E-state index contributed by atoms with van der Waals surface area (Å²) in [6.07, 6.45) is 1.08. The number of aliphatic hydroxyl groups is 1. The normalized spacial score (nSPS) is 12.4. The molecule has 2 rings (SSSR count). The summed E-state index contributed by atoms with van der Waals surface area (Å²) >= 11 is 0. The van der Waals surface area contributed by atoms with Gasteiger partial charge in [0.05, 0.1) is 23.2 Å². The van der Waals surface area contributed by atoms with Gasteiger partial charge < -0.3 is 15.7 Å². The average molecular weight is 334 g/mol. The van der Waals surface area contributed by atoms with Gasteiger partial charge in [-0.1, -0.05) is 42.5 Å². The molecule has 2 aromatic carbocycles. The van der Waals surface area contributed by atoms with Crippen LogP contribution in [0.3, 0.4) is 0 Å². The van der Waals surface area contributed by atoms with Gasteiger partial charge in [-0.25, -0.2) is 13.2 Å². The summed E-state index contributed by atoms with van der Waals surface area (Å²) in [7, 11) is -3.46. The zero-order valence-electron chi connectivity index (χ0n) is 12.6. The highest BCUT2D eigenvalue weighted by atomic mass is 32.2. The van der Waals surface area contributed by atoms with Crippen LogP contribution in [0.15, 0.2) is 59.5 Å². The summed E-state index contributed by atoms with van der Waals surface area (Å²) in [5, 5.41) is 14.6. The molecule has 23 heavy (non-hydrogen) atoms.